The minimum Gasteiger partial charge on any atom is -0.478 e. The van der Waals surface area contributed by atoms with Crippen molar-refractivity contribution in [3.8, 4) is 22.5 Å². The van der Waals surface area contributed by atoms with Crippen molar-refractivity contribution in [1.82, 2.24) is 19.6 Å². The smallest absolute Gasteiger partial charge is 0.434 e. The van der Waals surface area contributed by atoms with Gasteiger partial charge in [0.05, 0.1) is 17.6 Å². The van der Waals surface area contributed by atoms with Crippen LogP contribution in [0.2, 0.25) is 0 Å². The Hall–Kier alpha value is -5.32. The first-order valence-corrected chi connectivity index (χ1v) is 12.9. The molecule has 0 aliphatic rings. The fourth-order valence-electron chi connectivity index (χ4n) is 4.40. The van der Waals surface area contributed by atoms with Crippen LogP contribution in [0.3, 0.4) is 0 Å². The van der Waals surface area contributed by atoms with Crippen molar-refractivity contribution in [3.63, 3.8) is 0 Å². The number of aliphatic carboxylic acids is 1. The molecule has 0 aliphatic carbocycles. The lowest BCUT2D eigenvalue weighted by Gasteiger charge is -2.11. The van der Waals surface area contributed by atoms with Gasteiger partial charge in [0.25, 0.3) is 5.91 Å². The van der Waals surface area contributed by atoms with Crippen LogP contribution >= 0.6 is 0 Å². The summed E-state index contributed by atoms with van der Waals surface area (Å²) < 4.78 is 41.9. The number of anilines is 1. The van der Waals surface area contributed by atoms with Crippen molar-refractivity contribution in [2.24, 2.45) is 0 Å². The Morgan fingerprint density at radius 2 is 1.83 bits per heavy atom. The van der Waals surface area contributed by atoms with E-state index in [0.29, 0.717) is 40.1 Å². The van der Waals surface area contributed by atoms with Crippen molar-refractivity contribution < 1.29 is 27.9 Å². The number of nitrogens with zero attached hydrogens (tertiary/aromatic N) is 4. The first kappa shape index (κ1) is 28.2. The number of nitrogens with one attached hydrogen (secondary N) is 1. The summed E-state index contributed by atoms with van der Waals surface area (Å²) in [4.78, 5) is 32.5. The first-order chi connectivity index (χ1) is 20.0. The van der Waals surface area contributed by atoms with Gasteiger partial charge in [-0.25, -0.2) is 14.3 Å². The highest BCUT2D eigenvalue weighted by molar-refractivity contribution is 6.05. The molecule has 0 spiro atoms. The summed E-state index contributed by atoms with van der Waals surface area (Å²) in [5.41, 5.74) is 3.02. The molecule has 0 atom stereocenters. The highest BCUT2D eigenvalue weighted by atomic mass is 19.4. The number of aromatic nitrogens is 4. The summed E-state index contributed by atoms with van der Waals surface area (Å²) in [6.45, 7) is 3.58. The van der Waals surface area contributed by atoms with Crippen molar-refractivity contribution in [2.45, 2.75) is 26.4 Å². The van der Waals surface area contributed by atoms with Gasteiger partial charge in [0.15, 0.2) is 11.3 Å². The maximum absolute atomic E-state index is 13.5. The van der Waals surface area contributed by atoms with Gasteiger partial charge in [0.2, 0.25) is 0 Å². The fraction of sp³-hybridized carbons (Fsp3) is 0.129. The number of aryl methyl sites for hydroxylation is 1. The largest absolute Gasteiger partial charge is 0.478 e. The van der Waals surface area contributed by atoms with Crippen molar-refractivity contribution in [3.05, 3.63) is 107 Å². The van der Waals surface area contributed by atoms with Gasteiger partial charge < -0.3 is 10.4 Å². The molecule has 2 aromatic carbocycles. The van der Waals surface area contributed by atoms with Crippen LogP contribution in [0.5, 0.6) is 0 Å². The first-order valence-electron chi connectivity index (χ1n) is 12.9. The minimum atomic E-state index is -4.63. The number of halogens is 3. The lowest BCUT2D eigenvalue weighted by Crippen LogP contribution is -2.13. The Bertz CT molecular complexity index is 1860. The molecule has 8 nitrogen and oxygen atoms in total. The van der Waals surface area contributed by atoms with Crippen molar-refractivity contribution in [2.75, 3.05) is 5.32 Å². The predicted molar refractivity (Wildman–Crippen MR) is 152 cm³/mol. The van der Waals surface area contributed by atoms with Crippen LogP contribution in [0.15, 0.2) is 84.7 Å². The molecule has 11 heteroatoms. The summed E-state index contributed by atoms with van der Waals surface area (Å²) in [7, 11) is 0. The minimum absolute atomic E-state index is 0.0928. The molecule has 5 rings (SSSR count). The van der Waals surface area contributed by atoms with Gasteiger partial charge in [-0.2, -0.15) is 18.3 Å². The van der Waals surface area contributed by atoms with Gasteiger partial charge in [-0.05, 0) is 73.0 Å². The number of carboxylic acid groups (broad SMARTS) is 1. The highest BCUT2D eigenvalue weighted by Crippen LogP contribution is 2.35. The quantitative estimate of drug-likeness (QED) is 0.205. The SMILES string of the molecule is CCC(=Cc1cccc(C(=O)Nc2cc(-c3cn4nc(-c5cccnc5C(F)(F)F)ccc4n3)ccc2C)c1)C(=O)O. The molecular weight excluding hydrogens is 547 g/mol. The number of carboxylic acids is 1. The second-order valence-electron chi connectivity index (χ2n) is 9.48. The third kappa shape index (κ3) is 5.90. The third-order valence-corrected chi connectivity index (χ3v) is 6.60. The second-order valence-corrected chi connectivity index (χ2v) is 9.48. The Kier molecular flexibility index (Phi) is 7.58. The highest BCUT2D eigenvalue weighted by Gasteiger charge is 2.35. The number of pyridine rings is 1. The Labute approximate surface area is 238 Å². The van der Waals surface area contributed by atoms with E-state index >= 15 is 0 Å². The van der Waals surface area contributed by atoms with Crippen LogP contribution < -0.4 is 5.32 Å². The van der Waals surface area contributed by atoms with Gasteiger partial charge in [-0.1, -0.05) is 31.2 Å². The van der Waals surface area contributed by atoms with E-state index in [1.165, 1.54) is 28.8 Å². The average Bonchev–Trinajstić information content (AvgIpc) is 3.40. The molecule has 3 aromatic heterocycles. The number of rotatable bonds is 7. The molecule has 1 amide bonds. The molecule has 42 heavy (non-hydrogen) atoms. The van der Waals surface area contributed by atoms with Crippen molar-refractivity contribution in [1.29, 1.82) is 0 Å². The molecule has 0 radical (unpaired) electrons. The molecule has 3 heterocycles. The number of alkyl halides is 3. The molecule has 0 saturated carbocycles. The average molecular weight is 572 g/mol. The van der Waals surface area contributed by atoms with Gasteiger partial charge in [-0.3, -0.25) is 9.78 Å². The van der Waals surface area contributed by atoms with E-state index < -0.39 is 17.8 Å². The molecular formula is C31H24F3N5O3. The molecule has 212 valence electrons. The maximum Gasteiger partial charge on any atom is 0.434 e. The van der Waals surface area contributed by atoms with E-state index in [-0.39, 0.29) is 22.7 Å². The molecule has 0 bridgehead atoms. The topological polar surface area (TPSA) is 109 Å². The molecule has 2 N–H and O–H groups in total. The van der Waals surface area contributed by atoms with E-state index in [1.807, 2.05) is 19.1 Å². The van der Waals surface area contributed by atoms with Gasteiger partial charge in [0.1, 0.15) is 0 Å². The van der Waals surface area contributed by atoms with E-state index in [9.17, 15) is 27.9 Å². The van der Waals surface area contributed by atoms with E-state index in [2.05, 4.69) is 20.4 Å². The lowest BCUT2D eigenvalue weighted by molar-refractivity contribution is -0.140. The second kappa shape index (κ2) is 11.3. The monoisotopic (exact) mass is 571 g/mol. The number of amides is 1. The van der Waals surface area contributed by atoms with Crippen LogP contribution in [-0.2, 0) is 11.0 Å². The van der Waals surface area contributed by atoms with Crippen LogP contribution in [0, 0.1) is 6.92 Å². The molecule has 5 aromatic rings. The number of carbonyl (C=O) groups excluding carboxylic acids is 1. The zero-order valence-corrected chi connectivity index (χ0v) is 22.5. The van der Waals surface area contributed by atoms with Crippen molar-refractivity contribution >= 4 is 29.3 Å². The number of carbonyl (C=O) groups is 2. The number of hydrogen-bond acceptors (Lipinski definition) is 5. The summed E-state index contributed by atoms with van der Waals surface area (Å²) in [5, 5.41) is 16.6. The standard InChI is InChI=1S/C31H24F3N5O3/c1-3-20(30(41)42)14-19-6-4-7-22(15-19)29(40)37-25-16-21(10-9-18(25)2)26-17-39-27(36-26)12-11-24(38-39)23-8-5-13-35-28(23)31(32,33)34/h4-17H,3H2,1-2H3,(H,37,40)(H,41,42). The fourth-order valence-corrected chi connectivity index (χ4v) is 4.40. The maximum atomic E-state index is 13.5. The summed E-state index contributed by atoms with van der Waals surface area (Å²) >= 11 is 0. The van der Waals surface area contributed by atoms with Crippen LogP contribution in [0.4, 0.5) is 18.9 Å². The predicted octanol–water partition coefficient (Wildman–Crippen LogP) is 6.92. The summed E-state index contributed by atoms with van der Waals surface area (Å²) in [6, 6.07) is 17.8. The van der Waals surface area contributed by atoms with Crippen LogP contribution in [0.25, 0.3) is 34.2 Å². The van der Waals surface area contributed by atoms with Gasteiger partial charge in [-0.15, -0.1) is 0 Å². The number of fused-ring (bicyclic) bond motifs is 1. The van der Waals surface area contributed by atoms with E-state index in [4.69, 9.17) is 0 Å². The summed E-state index contributed by atoms with van der Waals surface area (Å²) in [6.07, 6.45) is -0.0710. The lowest BCUT2D eigenvalue weighted by atomic mass is 10.0. The van der Waals surface area contributed by atoms with E-state index in [0.717, 1.165) is 11.8 Å². The summed E-state index contributed by atoms with van der Waals surface area (Å²) in [5.74, 6) is -1.39. The number of hydrogen-bond donors (Lipinski definition) is 2. The zero-order valence-electron chi connectivity index (χ0n) is 22.5. The third-order valence-electron chi connectivity index (χ3n) is 6.60. The van der Waals surface area contributed by atoms with Crippen LogP contribution in [0.1, 0.15) is 40.5 Å². The number of imidazole rings is 1. The number of benzene rings is 2. The molecule has 0 fully saturated rings. The Morgan fingerprint density at radius 3 is 2.57 bits per heavy atom. The zero-order chi connectivity index (χ0) is 30.0. The molecule has 0 unspecified atom stereocenters. The Balaban J connectivity index is 1.43. The van der Waals surface area contributed by atoms with Crippen LogP contribution in [-0.4, -0.2) is 36.6 Å². The van der Waals surface area contributed by atoms with Gasteiger partial charge in [0, 0.05) is 34.1 Å². The normalized spacial score (nSPS) is 12.0. The molecule has 0 saturated heterocycles. The molecule has 0 aliphatic heterocycles. The van der Waals surface area contributed by atoms with E-state index in [1.54, 1.807) is 49.5 Å². The van der Waals surface area contributed by atoms with Gasteiger partial charge >= 0.3 is 12.1 Å². The Morgan fingerprint density at radius 1 is 1.02 bits per heavy atom.